The third-order valence-electron chi connectivity index (χ3n) is 2.51. The van der Waals surface area contributed by atoms with Crippen LogP contribution in [0.15, 0.2) is 29.2 Å². The molecule has 1 amide bonds. The quantitative estimate of drug-likeness (QED) is 0.866. The Morgan fingerprint density at radius 1 is 1.40 bits per heavy atom. The van der Waals surface area contributed by atoms with Crippen LogP contribution < -0.4 is 5.32 Å². The largest absolute Gasteiger partial charge is 0.353 e. The Kier molecular flexibility index (Phi) is 5.25. The molecule has 0 unspecified atom stereocenters. The van der Waals surface area contributed by atoms with Crippen molar-refractivity contribution in [3.05, 3.63) is 29.8 Å². The van der Waals surface area contributed by atoms with Crippen LogP contribution in [0.3, 0.4) is 0 Å². The van der Waals surface area contributed by atoms with Crippen LogP contribution in [0, 0.1) is 11.3 Å². The van der Waals surface area contributed by atoms with Gasteiger partial charge < -0.3 is 5.32 Å². The maximum absolute atomic E-state index is 12.3. The van der Waals surface area contributed by atoms with Crippen LogP contribution in [-0.2, 0) is 14.8 Å². The molecule has 0 saturated heterocycles. The number of hydrogen-bond donors (Lipinski definition) is 1. The van der Waals surface area contributed by atoms with Gasteiger partial charge in [0, 0.05) is 13.1 Å². The molecule has 6 nitrogen and oxygen atoms in total. The van der Waals surface area contributed by atoms with Crippen molar-refractivity contribution in [2.75, 3.05) is 13.6 Å². The highest BCUT2D eigenvalue weighted by Gasteiger charge is 2.25. The summed E-state index contributed by atoms with van der Waals surface area (Å²) in [4.78, 5) is 11.5. The SMILES string of the molecule is CC(C)NC(=O)CN(C)S(=O)(=O)c1ccccc1C#N. The average Bonchev–Trinajstić information content (AvgIpc) is 2.37. The number of rotatable bonds is 5. The number of benzene rings is 1. The standard InChI is InChI=1S/C13H17N3O3S/c1-10(2)15-13(17)9-16(3)20(18,19)12-7-5-4-6-11(12)8-14/h4-7,10H,9H2,1-3H3,(H,15,17). The predicted octanol–water partition coefficient (Wildman–Crippen LogP) is 0.703. The lowest BCUT2D eigenvalue weighted by molar-refractivity contribution is -0.121. The van der Waals surface area contributed by atoms with E-state index in [1.54, 1.807) is 19.9 Å². The zero-order chi connectivity index (χ0) is 15.3. The van der Waals surface area contributed by atoms with Gasteiger partial charge in [0.25, 0.3) is 0 Å². The van der Waals surface area contributed by atoms with Gasteiger partial charge in [0.15, 0.2) is 0 Å². The molecule has 1 aromatic carbocycles. The first kappa shape index (κ1) is 16.1. The van der Waals surface area contributed by atoms with Crippen molar-refractivity contribution in [2.24, 2.45) is 0 Å². The lowest BCUT2D eigenvalue weighted by atomic mass is 10.2. The number of nitriles is 1. The molecule has 1 N–H and O–H groups in total. The van der Waals surface area contributed by atoms with Gasteiger partial charge in [-0.25, -0.2) is 8.42 Å². The molecule has 0 aliphatic heterocycles. The molecular weight excluding hydrogens is 278 g/mol. The van der Waals surface area contributed by atoms with E-state index in [1.807, 2.05) is 6.07 Å². The molecular formula is C13H17N3O3S. The maximum Gasteiger partial charge on any atom is 0.244 e. The summed E-state index contributed by atoms with van der Waals surface area (Å²) in [5, 5.41) is 11.6. The maximum atomic E-state index is 12.3. The van der Waals surface area contributed by atoms with E-state index in [0.717, 1.165) is 4.31 Å². The molecule has 1 rings (SSSR count). The molecule has 0 atom stereocenters. The van der Waals surface area contributed by atoms with Crippen LogP contribution in [0.4, 0.5) is 0 Å². The molecule has 0 aliphatic rings. The van der Waals surface area contributed by atoms with E-state index >= 15 is 0 Å². The summed E-state index contributed by atoms with van der Waals surface area (Å²) in [5.41, 5.74) is 0.0589. The monoisotopic (exact) mass is 295 g/mol. The molecule has 0 heterocycles. The molecule has 0 saturated carbocycles. The lowest BCUT2D eigenvalue weighted by Gasteiger charge is -2.18. The number of sulfonamides is 1. The van der Waals surface area contributed by atoms with E-state index in [9.17, 15) is 13.2 Å². The summed E-state index contributed by atoms with van der Waals surface area (Å²) >= 11 is 0. The number of carbonyl (C=O) groups excluding carboxylic acids is 1. The summed E-state index contributed by atoms with van der Waals surface area (Å²) in [6.45, 7) is 3.29. The van der Waals surface area contributed by atoms with Gasteiger partial charge in [-0.05, 0) is 26.0 Å². The zero-order valence-corrected chi connectivity index (χ0v) is 12.4. The molecule has 20 heavy (non-hydrogen) atoms. The molecule has 0 fully saturated rings. The lowest BCUT2D eigenvalue weighted by Crippen LogP contribution is -2.40. The Morgan fingerprint density at radius 3 is 2.55 bits per heavy atom. The summed E-state index contributed by atoms with van der Waals surface area (Å²) in [5.74, 6) is -0.388. The van der Waals surface area contributed by atoms with Crippen molar-refractivity contribution in [1.29, 1.82) is 5.26 Å². The molecule has 0 aromatic heterocycles. The minimum absolute atomic E-state index is 0.0589. The molecule has 1 aromatic rings. The van der Waals surface area contributed by atoms with E-state index in [0.29, 0.717) is 0 Å². The number of nitrogens with one attached hydrogen (secondary N) is 1. The first-order valence-electron chi connectivity index (χ1n) is 6.04. The molecule has 0 radical (unpaired) electrons. The zero-order valence-electron chi connectivity index (χ0n) is 11.6. The molecule has 7 heteroatoms. The predicted molar refractivity (Wildman–Crippen MR) is 74.3 cm³/mol. The second-order valence-electron chi connectivity index (χ2n) is 4.59. The van der Waals surface area contributed by atoms with Crippen LogP contribution in [0.5, 0.6) is 0 Å². The third-order valence-corrected chi connectivity index (χ3v) is 4.37. The molecule has 0 aliphatic carbocycles. The Bertz CT molecular complexity index is 633. The van der Waals surface area contributed by atoms with Gasteiger partial charge in [-0.3, -0.25) is 4.79 Å². The number of nitrogens with zero attached hydrogens (tertiary/aromatic N) is 2. The van der Waals surface area contributed by atoms with Gasteiger partial charge in [-0.1, -0.05) is 12.1 Å². The van der Waals surface area contributed by atoms with E-state index in [2.05, 4.69) is 5.32 Å². The van der Waals surface area contributed by atoms with Crippen LogP contribution in [0.25, 0.3) is 0 Å². The van der Waals surface area contributed by atoms with Gasteiger partial charge in [-0.15, -0.1) is 0 Å². The van der Waals surface area contributed by atoms with Crippen LogP contribution in [0.2, 0.25) is 0 Å². The van der Waals surface area contributed by atoms with Gasteiger partial charge in [0.05, 0.1) is 17.0 Å². The van der Waals surface area contributed by atoms with Crippen LogP contribution in [0.1, 0.15) is 19.4 Å². The second kappa shape index (κ2) is 6.50. The summed E-state index contributed by atoms with van der Waals surface area (Å²) < 4.78 is 25.6. The van der Waals surface area contributed by atoms with E-state index in [1.165, 1.54) is 25.2 Å². The highest BCUT2D eigenvalue weighted by atomic mass is 32.2. The highest BCUT2D eigenvalue weighted by molar-refractivity contribution is 7.89. The van der Waals surface area contributed by atoms with Crippen molar-refractivity contribution >= 4 is 15.9 Å². The normalized spacial score (nSPS) is 11.4. The van der Waals surface area contributed by atoms with Gasteiger partial charge >= 0.3 is 0 Å². The third kappa shape index (κ3) is 3.79. The van der Waals surface area contributed by atoms with Crippen molar-refractivity contribution in [3.63, 3.8) is 0 Å². The fourth-order valence-corrected chi connectivity index (χ4v) is 2.87. The topological polar surface area (TPSA) is 90.3 Å². The van der Waals surface area contributed by atoms with E-state index in [4.69, 9.17) is 5.26 Å². The minimum Gasteiger partial charge on any atom is -0.353 e. The van der Waals surface area contributed by atoms with Gasteiger partial charge in [-0.2, -0.15) is 9.57 Å². The average molecular weight is 295 g/mol. The first-order valence-corrected chi connectivity index (χ1v) is 7.48. The second-order valence-corrected chi connectivity index (χ2v) is 6.60. The van der Waals surface area contributed by atoms with Crippen molar-refractivity contribution in [2.45, 2.75) is 24.8 Å². The Morgan fingerprint density at radius 2 is 2.00 bits per heavy atom. The number of amides is 1. The highest BCUT2D eigenvalue weighted by Crippen LogP contribution is 2.18. The molecule has 108 valence electrons. The molecule has 0 bridgehead atoms. The summed E-state index contributed by atoms with van der Waals surface area (Å²) in [6, 6.07) is 7.67. The van der Waals surface area contributed by atoms with Gasteiger partial charge in [0.1, 0.15) is 6.07 Å². The van der Waals surface area contributed by atoms with E-state index in [-0.39, 0.29) is 29.0 Å². The summed E-state index contributed by atoms with van der Waals surface area (Å²) in [6.07, 6.45) is 0. The minimum atomic E-state index is -3.86. The van der Waals surface area contributed by atoms with Crippen molar-refractivity contribution < 1.29 is 13.2 Å². The smallest absolute Gasteiger partial charge is 0.244 e. The van der Waals surface area contributed by atoms with Crippen molar-refractivity contribution in [3.8, 4) is 6.07 Å². The summed E-state index contributed by atoms with van der Waals surface area (Å²) in [7, 11) is -2.55. The van der Waals surface area contributed by atoms with Gasteiger partial charge in [0.2, 0.25) is 15.9 Å². The number of hydrogen-bond acceptors (Lipinski definition) is 4. The Hall–Kier alpha value is -1.91. The Balaban J connectivity index is 2.99. The fourth-order valence-electron chi connectivity index (χ4n) is 1.61. The number of carbonyl (C=O) groups is 1. The van der Waals surface area contributed by atoms with Crippen LogP contribution in [-0.4, -0.2) is 38.3 Å². The number of likely N-dealkylation sites (N-methyl/N-ethyl adjacent to an activating group) is 1. The molecule has 0 spiro atoms. The van der Waals surface area contributed by atoms with Crippen molar-refractivity contribution in [1.82, 2.24) is 9.62 Å². The fraction of sp³-hybridized carbons (Fsp3) is 0.385. The Labute approximate surface area is 119 Å². The first-order chi connectivity index (χ1) is 9.28. The van der Waals surface area contributed by atoms with E-state index < -0.39 is 10.0 Å². The van der Waals surface area contributed by atoms with Crippen LogP contribution >= 0.6 is 0 Å².